The number of nitrogens with two attached hydrogens (primary N) is 1. The highest BCUT2D eigenvalue weighted by molar-refractivity contribution is 7.21. The summed E-state index contributed by atoms with van der Waals surface area (Å²) in [4.78, 5) is 19.1. The normalized spacial score (nSPS) is 13.7. The van der Waals surface area contributed by atoms with Gasteiger partial charge >= 0.3 is 0 Å². The lowest BCUT2D eigenvalue weighted by molar-refractivity contribution is 0.103. The van der Waals surface area contributed by atoms with Gasteiger partial charge in [-0.25, -0.2) is 4.98 Å². The Balaban J connectivity index is 1.78. The van der Waals surface area contributed by atoms with Gasteiger partial charge in [-0.15, -0.1) is 11.3 Å². The van der Waals surface area contributed by atoms with Crippen LogP contribution in [-0.2, 0) is 12.8 Å². The molecule has 2 heterocycles. The van der Waals surface area contributed by atoms with Gasteiger partial charge in [0.25, 0.3) is 5.91 Å². The Morgan fingerprint density at radius 2 is 1.88 bits per heavy atom. The van der Waals surface area contributed by atoms with Gasteiger partial charge in [0.1, 0.15) is 9.71 Å². The van der Waals surface area contributed by atoms with Gasteiger partial charge in [-0.1, -0.05) is 12.1 Å². The van der Waals surface area contributed by atoms with Gasteiger partial charge in [0, 0.05) is 16.8 Å². The van der Waals surface area contributed by atoms with Crippen LogP contribution in [0.3, 0.4) is 0 Å². The Bertz CT molecular complexity index is 1040. The number of nitrogens with one attached hydrogen (secondary N) is 1. The number of carbonyl (C=O) groups excluding carboxylic acids is 1. The minimum atomic E-state index is -0.151. The summed E-state index contributed by atoms with van der Waals surface area (Å²) < 4.78 is 0. The number of aryl methyl sites for hydroxylation is 4. The number of amides is 1. The van der Waals surface area contributed by atoms with Crippen LogP contribution in [-0.4, -0.2) is 10.9 Å². The van der Waals surface area contributed by atoms with Crippen molar-refractivity contribution in [3.8, 4) is 0 Å². The molecule has 1 amide bonds. The topological polar surface area (TPSA) is 68.0 Å². The van der Waals surface area contributed by atoms with E-state index in [1.165, 1.54) is 35.3 Å². The fourth-order valence-corrected chi connectivity index (χ4v) is 4.89. The zero-order valence-electron chi connectivity index (χ0n) is 15.4. The number of hydrogen-bond acceptors (Lipinski definition) is 4. The summed E-state index contributed by atoms with van der Waals surface area (Å²) in [5, 5.41) is 4.03. The summed E-state index contributed by atoms with van der Waals surface area (Å²) >= 11 is 1.40. The molecule has 2 aromatic heterocycles. The average Bonchev–Trinajstić information content (AvgIpc) is 2.95. The largest absolute Gasteiger partial charge is 0.397 e. The summed E-state index contributed by atoms with van der Waals surface area (Å²) in [5.41, 5.74) is 13.7. The lowest BCUT2D eigenvalue weighted by atomic mass is 9.89. The predicted molar refractivity (Wildman–Crippen MR) is 109 cm³/mol. The van der Waals surface area contributed by atoms with E-state index in [2.05, 4.69) is 12.2 Å². The molecule has 3 N–H and O–H groups in total. The first-order valence-electron chi connectivity index (χ1n) is 9.04. The Morgan fingerprint density at radius 3 is 2.65 bits per heavy atom. The monoisotopic (exact) mass is 365 g/mol. The molecular formula is C21H23N3OS. The van der Waals surface area contributed by atoms with Gasteiger partial charge < -0.3 is 11.1 Å². The Labute approximate surface area is 157 Å². The van der Waals surface area contributed by atoms with Gasteiger partial charge in [0.15, 0.2) is 0 Å². The van der Waals surface area contributed by atoms with Crippen LogP contribution >= 0.6 is 11.3 Å². The molecule has 5 heteroatoms. The molecule has 4 nitrogen and oxygen atoms in total. The fourth-order valence-electron chi connectivity index (χ4n) is 3.82. The third-order valence-electron chi connectivity index (χ3n) is 5.25. The smallest absolute Gasteiger partial charge is 0.267 e. The third-order valence-corrected chi connectivity index (χ3v) is 6.35. The first-order chi connectivity index (χ1) is 12.5. The van der Waals surface area contributed by atoms with Crippen molar-refractivity contribution in [2.45, 2.75) is 46.5 Å². The molecule has 1 aliphatic carbocycles. The summed E-state index contributed by atoms with van der Waals surface area (Å²) in [6.07, 6.45) is 4.45. The molecule has 0 radical (unpaired) electrons. The number of rotatable bonds is 2. The Hall–Kier alpha value is -2.40. The van der Waals surface area contributed by atoms with Gasteiger partial charge in [0.2, 0.25) is 0 Å². The van der Waals surface area contributed by atoms with E-state index < -0.39 is 0 Å². The highest BCUT2D eigenvalue weighted by Crippen LogP contribution is 2.40. The molecule has 0 fully saturated rings. The third kappa shape index (κ3) is 2.76. The minimum Gasteiger partial charge on any atom is -0.397 e. The van der Waals surface area contributed by atoms with E-state index in [1.807, 2.05) is 32.0 Å². The molecule has 0 saturated carbocycles. The summed E-state index contributed by atoms with van der Waals surface area (Å²) in [6, 6.07) is 6.04. The highest BCUT2D eigenvalue weighted by atomic mass is 32.1. The van der Waals surface area contributed by atoms with Crippen molar-refractivity contribution in [3.05, 3.63) is 51.0 Å². The van der Waals surface area contributed by atoms with Crippen molar-refractivity contribution in [2.75, 3.05) is 11.1 Å². The molecule has 0 saturated heterocycles. The van der Waals surface area contributed by atoms with Gasteiger partial charge in [-0.05, 0) is 74.8 Å². The van der Waals surface area contributed by atoms with Crippen LogP contribution < -0.4 is 11.1 Å². The number of carbonyl (C=O) groups is 1. The van der Waals surface area contributed by atoms with Crippen molar-refractivity contribution in [3.63, 3.8) is 0 Å². The number of fused-ring (bicyclic) bond motifs is 3. The minimum absolute atomic E-state index is 0.151. The Kier molecular flexibility index (Phi) is 4.19. The van der Waals surface area contributed by atoms with E-state index in [1.54, 1.807) is 0 Å². The van der Waals surface area contributed by atoms with Crippen LogP contribution in [0.2, 0.25) is 0 Å². The van der Waals surface area contributed by atoms with Crippen LogP contribution in [0.1, 0.15) is 50.5 Å². The lowest BCUT2D eigenvalue weighted by Crippen LogP contribution is -2.13. The van der Waals surface area contributed by atoms with E-state index in [4.69, 9.17) is 10.7 Å². The van der Waals surface area contributed by atoms with E-state index >= 15 is 0 Å². The zero-order valence-corrected chi connectivity index (χ0v) is 16.2. The maximum absolute atomic E-state index is 12.9. The first-order valence-corrected chi connectivity index (χ1v) is 9.86. The molecule has 0 bridgehead atoms. The fraction of sp³-hybridized carbons (Fsp3) is 0.333. The number of aromatic nitrogens is 1. The maximum Gasteiger partial charge on any atom is 0.267 e. The van der Waals surface area contributed by atoms with Gasteiger partial charge in [-0.2, -0.15) is 0 Å². The number of benzene rings is 1. The van der Waals surface area contributed by atoms with Crippen molar-refractivity contribution in [1.82, 2.24) is 4.98 Å². The second-order valence-electron chi connectivity index (χ2n) is 7.16. The molecule has 3 aromatic rings. The maximum atomic E-state index is 12.9. The molecular weight excluding hydrogens is 342 g/mol. The van der Waals surface area contributed by atoms with E-state index in [-0.39, 0.29) is 5.91 Å². The van der Waals surface area contributed by atoms with Crippen LogP contribution in [0.15, 0.2) is 18.2 Å². The summed E-state index contributed by atoms with van der Waals surface area (Å²) in [5.74, 6) is -0.151. The van der Waals surface area contributed by atoms with Crippen LogP contribution in [0.5, 0.6) is 0 Å². The van der Waals surface area contributed by atoms with Crippen molar-refractivity contribution in [2.24, 2.45) is 0 Å². The number of anilines is 2. The number of nitrogen functional groups attached to an aromatic ring is 1. The van der Waals surface area contributed by atoms with Gasteiger partial charge in [0.05, 0.1) is 5.69 Å². The molecule has 134 valence electrons. The summed E-state index contributed by atoms with van der Waals surface area (Å²) in [6.45, 7) is 6.07. The molecule has 1 aromatic carbocycles. The standard InChI is InChI=1S/C21H23N3OS/c1-11-8-9-12(2)16(10-11)24-20(25)19-18(22)17-15-7-5-4-6-14(15)13(3)23-21(17)26-19/h8-10H,4-7,22H2,1-3H3,(H,24,25). The average molecular weight is 366 g/mol. The number of hydrogen-bond donors (Lipinski definition) is 2. The highest BCUT2D eigenvalue weighted by Gasteiger charge is 2.24. The number of pyridine rings is 1. The molecule has 26 heavy (non-hydrogen) atoms. The quantitative estimate of drug-likeness (QED) is 0.676. The molecule has 0 unspecified atom stereocenters. The lowest BCUT2D eigenvalue weighted by Gasteiger charge is -2.18. The molecule has 0 aliphatic heterocycles. The number of thiophene rings is 1. The predicted octanol–water partition coefficient (Wildman–Crippen LogP) is 4.93. The van der Waals surface area contributed by atoms with Crippen LogP contribution in [0, 0.1) is 20.8 Å². The second-order valence-corrected chi connectivity index (χ2v) is 8.16. The van der Waals surface area contributed by atoms with Crippen LogP contribution in [0.25, 0.3) is 10.2 Å². The van der Waals surface area contributed by atoms with E-state index in [0.717, 1.165) is 45.6 Å². The van der Waals surface area contributed by atoms with E-state index in [0.29, 0.717) is 10.6 Å². The Morgan fingerprint density at radius 1 is 1.15 bits per heavy atom. The van der Waals surface area contributed by atoms with Gasteiger partial charge in [-0.3, -0.25) is 4.79 Å². The molecule has 4 rings (SSSR count). The van der Waals surface area contributed by atoms with Crippen molar-refractivity contribution in [1.29, 1.82) is 0 Å². The summed E-state index contributed by atoms with van der Waals surface area (Å²) in [7, 11) is 0. The van der Waals surface area contributed by atoms with Crippen molar-refractivity contribution >= 4 is 38.8 Å². The second kappa shape index (κ2) is 6.40. The van der Waals surface area contributed by atoms with E-state index in [9.17, 15) is 4.79 Å². The number of nitrogens with zero attached hydrogens (tertiary/aromatic N) is 1. The molecule has 0 atom stereocenters. The first kappa shape index (κ1) is 17.0. The molecule has 0 spiro atoms. The zero-order chi connectivity index (χ0) is 18.4. The van der Waals surface area contributed by atoms with Crippen LogP contribution in [0.4, 0.5) is 11.4 Å². The molecule has 1 aliphatic rings. The van der Waals surface area contributed by atoms with Crippen molar-refractivity contribution < 1.29 is 4.79 Å². The SMILES string of the molecule is Cc1ccc(C)c(NC(=O)c2sc3nc(C)c4c(c3c2N)CCCC4)c1.